The predicted molar refractivity (Wildman–Crippen MR) is 89.6 cm³/mol. The summed E-state index contributed by atoms with van der Waals surface area (Å²) in [4.78, 5) is 11.6. The summed E-state index contributed by atoms with van der Waals surface area (Å²) in [5, 5.41) is 15.2. The van der Waals surface area contributed by atoms with Crippen LogP contribution in [0.15, 0.2) is 24.3 Å². The third-order valence-electron chi connectivity index (χ3n) is 3.42. The highest BCUT2D eigenvalue weighted by Crippen LogP contribution is 2.12. The van der Waals surface area contributed by atoms with Crippen LogP contribution in [0.3, 0.4) is 0 Å². The first-order chi connectivity index (χ1) is 10.7. The molecule has 1 aromatic carbocycles. The quantitative estimate of drug-likeness (QED) is 0.602. The first kappa shape index (κ1) is 19.4. The number of hydrogen-bond donors (Lipinski definition) is 3. The van der Waals surface area contributed by atoms with Gasteiger partial charge < -0.3 is 15.7 Å². The third kappa shape index (κ3) is 7.45. The van der Waals surface area contributed by atoms with Gasteiger partial charge in [0.25, 0.3) is 0 Å². The molecule has 0 aromatic heterocycles. The van der Waals surface area contributed by atoms with Crippen molar-refractivity contribution in [1.82, 2.24) is 14.9 Å². The van der Waals surface area contributed by atoms with Crippen molar-refractivity contribution >= 4 is 16.1 Å². The molecule has 0 aliphatic rings. The molecule has 0 bridgehead atoms. The Morgan fingerprint density at radius 3 is 2.43 bits per heavy atom. The summed E-state index contributed by atoms with van der Waals surface area (Å²) in [6.45, 7) is 2.76. The van der Waals surface area contributed by atoms with Crippen molar-refractivity contribution in [3.8, 4) is 0 Å². The number of urea groups is 1. The summed E-state index contributed by atoms with van der Waals surface area (Å²) in [5.41, 5.74) is 1.84. The minimum Gasteiger partial charge on any atom is -0.387 e. The van der Waals surface area contributed by atoms with Gasteiger partial charge in [0.1, 0.15) is 0 Å². The third-order valence-corrected chi connectivity index (χ3v) is 4.73. The van der Waals surface area contributed by atoms with Crippen LogP contribution in [0.2, 0.25) is 0 Å². The summed E-state index contributed by atoms with van der Waals surface area (Å²) in [7, 11) is -1.69. The van der Waals surface area contributed by atoms with E-state index in [2.05, 4.69) is 10.6 Å². The lowest BCUT2D eigenvalue weighted by Gasteiger charge is -2.15. The lowest BCUT2D eigenvalue weighted by Crippen LogP contribution is -2.39. The second-order valence-corrected chi connectivity index (χ2v) is 7.59. The first-order valence-electron chi connectivity index (χ1n) is 7.38. The molecule has 0 radical (unpaired) electrons. The molecule has 0 aliphatic carbocycles. The van der Waals surface area contributed by atoms with Crippen LogP contribution in [0.5, 0.6) is 0 Å². The zero-order valence-electron chi connectivity index (χ0n) is 13.7. The van der Waals surface area contributed by atoms with Crippen molar-refractivity contribution in [3.63, 3.8) is 0 Å². The molecule has 8 heteroatoms. The largest absolute Gasteiger partial charge is 0.387 e. The Balaban J connectivity index is 2.23. The maximum Gasteiger partial charge on any atom is 0.314 e. The van der Waals surface area contributed by atoms with Gasteiger partial charge in [0.2, 0.25) is 10.0 Å². The molecular weight excluding hydrogens is 318 g/mol. The van der Waals surface area contributed by atoms with Gasteiger partial charge in [-0.2, -0.15) is 0 Å². The molecule has 0 fully saturated rings. The Hall–Kier alpha value is -1.64. The molecular formula is C15H25N3O4S. The van der Waals surface area contributed by atoms with E-state index in [9.17, 15) is 18.3 Å². The molecule has 1 atom stereocenters. The van der Waals surface area contributed by atoms with Gasteiger partial charge >= 0.3 is 6.03 Å². The van der Waals surface area contributed by atoms with Crippen molar-refractivity contribution in [2.45, 2.75) is 19.4 Å². The average molecular weight is 343 g/mol. The zero-order valence-corrected chi connectivity index (χ0v) is 14.6. The molecule has 0 saturated carbocycles. The van der Waals surface area contributed by atoms with Crippen LogP contribution >= 0.6 is 0 Å². The predicted octanol–water partition coefficient (Wildman–Crippen LogP) is 0.609. The molecule has 0 unspecified atom stereocenters. The normalized spacial score (nSPS) is 12.9. The maximum atomic E-state index is 11.6. The molecule has 0 saturated heterocycles. The number of amides is 2. The zero-order chi connectivity index (χ0) is 17.5. The molecule has 0 aliphatic heterocycles. The molecule has 1 aromatic rings. The van der Waals surface area contributed by atoms with E-state index in [0.29, 0.717) is 19.5 Å². The highest BCUT2D eigenvalue weighted by molar-refractivity contribution is 7.88. The molecule has 130 valence electrons. The number of rotatable bonds is 8. The van der Waals surface area contributed by atoms with Crippen LogP contribution in [-0.4, -0.2) is 56.8 Å². The van der Waals surface area contributed by atoms with E-state index in [1.165, 1.54) is 11.4 Å². The van der Waals surface area contributed by atoms with Crippen LogP contribution in [0.4, 0.5) is 4.79 Å². The number of benzene rings is 1. The van der Waals surface area contributed by atoms with Crippen molar-refractivity contribution < 1.29 is 18.3 Å². The highest BCUT2D eigenvalue weighted by atomic mass is 32.2. The molecule has 23 heavy (non-hydrogen) atoms. The van der Waals surface area contributed by atoms with Crippen molar-refractivity contribution in [1.29, 1.82) is 0 Å². The van der Waals surface area contributed by atoms with Gasteiger partial charge in [-0.05, 0) is 18.9 Å². The fourth-order valence-corrected chi connectivity index (χ4v) is 2.29. The van der Waals surface area contributed by atoms with E-state index in [-0.39, 0.29) is 6.54 Å². The van der Waals surface area contributed by atoms with Crippen LogP contribution in [-0.2, 0) is 10.0 Å². The number of hydrogen-bond acceptors (Lipinski definition) is 4. The number of nitrogens with zero attached hydrogens (tertiary/aromatic N) is 1. The number of aliphatic hydroxyl groups excluding tert-OH is 1. The van der Waals surface area contributed by atoms with E-state index in [1.54, 1.807) is 0 Å². The average Bonchev–Trinajstić information content (AvgIpc) is 2.48. The standard InChI is InChI=1S/C15H25N3O4S/c1-12-5-7-13(8-6-12)14(19)11-17-15(20)16-9-4-10-18(2)23(3,21)22/h5-8,14,19H,4,9-11H2,1-3H3,(H2,16,17,20)/t14-/m0/s1. The Bertz CT molecular complexity index is 602. The lowest BCUT2D eigenvalue weighted by molar-refractivity contribution is 0.173. The van der Waals surface area contributed by atoms with Gasteiger partial charge in [-0.1, -0.05) is 29.8 Å². The van der Waals surface area contributed by atoms with Crippen LogP contribution < -0.4 is 10.6 Å². The Morgan fingerprint density at radius 2 is 1.87 bits per heavy atom. The van der Waals surface area contributed by atoms with Crippen LogP contribution in [0.1, 0.15) is 23.7 Å². The Kier molecular flexibility index (Phi) is 7.47. The van der Waals surface area contributed by atoms with E-state index in [1.807, 2.05) is 31.2 Å². The molecule has 0 heterocycles. The second kappa shape index (κ2) is 8.85. The van der Waals surface area contributed by atoms with Crippen molar-refractivity contribution in [2.75, 3.05) is 32.9 Å². The molecule has 3 N–H and O–H groups in total. The van der Waals surface area contributed by atoms with E-state index >= 15 is 0 Å². The topological polar surface area (TPSA) is 98.7 Å². The van der Waals surface area contributed by atoms with Crippen molar-refractivity contribution in [2.24, 2.45) is 0 Å². The number of carbonyl (C=O) groups excluding carboxylic acids is 1. The minimum atomic E-state index is -3.19. The van der Waals surface area contributed by atoms with Gasteiger partial charge in [0.05, 0.1) is 12.4 Å². The number of sulfonamides is 1. The van der Waals surface area contributed by atoms with E-state index in [4.69, 9.17) is 0 Å². The van der Waals surface area contributed by atoms with Gasteiger partial charge in [-0.25, -0.2) is 17.5 Å². The molecule has 2 amide bonds. The Labute approximate surface area is 137 Å². The fraction of sp³-hybridized carbons (Fsp3) is 0.533. The van der Waals surface area contributed by atoms with E-state index in [0.717, 1.165) is 17.4 Å². The first-order valence-corrected chi connectivity index (χ1v) is 9.22. The smallest absolute Gasteiger partial charge is 0.314 e. The van der Waals surface area contributed by atoms with Gasteiger partial charge in [0.15, 0.2) is 0 Å². The fourth-order valence-electron chi connectivity index (χ4n) is 1.83. The van der Waals surface area contributed by atoms with Gasteiger partial charge in [0, 0.05) is 26.7 Å². The number of aryl methyl sites for hydroxylation is 1. The maximum absolute atomic E-state index is 11.6. The van der Waals surface area contributed by atoms with Crippen LogP contribution in [0.25, 0.3) is 0 Å². The summed E-state index contributed by atoms with van der Waals surface area (Å²) in [5.74, 6) is 0. The number of nitrogens with one attached hydrogen (secondary N) is 2. The summed E-state index contributed by atoms with van der Waals surface area (Å²) in [6, 6.07) is 7.05. The highest BCUT2D eigenvalue weighted by Gasteiger charge is 2.11. The minimum absolute atomic E-state index is 0.109. The lowest BCUT2D eigenvalue weighted by atomic mass is 10.1. The Morgan fingerprint density at radius 1 is 1.26 bits per heavy atom. The summed E-state index contributed by atoms with van der Waals surface area (Å²) >= 11 is 0. The molecule has 0 spiro atoms. The molecule has 1 rings (SSSR count). The van der Waals surface area contributed by atoms with Gasteiger partial charge in [-0.3, -0.25) is 0 Å². The summed E-state index contributed by atoms with van der Waals surface area (Å²) < 4.78 is 23.6. The SMILES string of the molecule is Cc1ccc([C@@H](O)CNC(=O)NCCCN(C)S(C)(=O)=O)cc1. The van der Waals surface area contributed by atoms with Crippen LogP contribution in [0, 0.1) is 6.92 Å². The van der Waals surface area contributed by atoms with Crippen molar-refractivity contribution in [3.05, 3.63) is 35.4 Å². The summed E-state index contributed by atoms with van der Waals surface area (Å²) in [6.07, 6.45) is 0.884. The molecule has 7 nitrogen and oxygen atoms in total. The second-order valence-electron chi connectivity index (χ2n) is 5.50. The number of carbonyl (C=O) groups is 1. The van der Waals surface area contributed by atoms with Gasteiger partial charge in [-0.15, -0.1) is 0 Å². The van der Waals surface area contributed by atoms with E-state index < -0.39 is 22.2 Å². The monoisotopic (exact) mass is 343 g/mol. The number of aliphatic hydroxyl groups is 1.